The van der Waals surface area contributed by atoms with Crippen molar-refractivity contribution in [3.05, 3.63) is 58.6 Å². The van der Waals surface area contributed by atoms with Gasteiger partial charge in [-0.05, 0) is 48.7 Å². The van der Waals surface area contributed by atoms with Gasteiger partial charge in [0.2, 0.25) is 0 Å². The van der Waals surface area contributed by atoms with Gasteiger partial charge in [-0.1, -0.05) is 29.8 Å². The monoisotopic (exact) mass is 509 g/mol. The number of aliphatic hydroxyl groups is 1. The number of ether oxygens (including phenoxy) is 4. The maximum atomic E-state index is 10.8. The van der Waals surface area contributed by atoms with Gasteiger partial charge >= 0.3 is 11.9 Å². The molecule has 3 rings (SSSR count). The molecule has 10 nitrogen and oxygen atoms in total. The minimum absolute atomic E-state index is 0.0202. The van der Waals surface area contributed by atoms with Crippen LogP contribution in [0.15, 0.2) is 42.5 Å². The smallest absolute Gasteiger partial charge is 0.329 e. The van der Waals surface area contributed by atoms with Crippen LogP contribution in [-0.2, 0) is 25.5 Å². The molecule has 0 amide bonds. The van der Waals surface area contributed by atoms with Crippen molar-refractivity contribution in [2.75, 3.05) is 33.0 Å². The molecule has 0 radical (unpaired) electrons. The van der Waals surface area contributed by atoms with E-state index in [-0.39, 0.29) is 19.3 Å². The Hall–Kier alpha value is -2.89. The molecule has 0 aliphatic carbocycles. The Balaban J connectivity index is 1.59. The largest absolute Gasteiger partial charge is 0.480 e. The number of carboxylic acids is 2. The number of nitrogens with one attached hydrogen (secondary N) is 1. The van der Waals surface area contributed by atoms with Crippen LogP contribution in [0.4, 0.5) is 0 Å². The molecule has 2 aromatic carbocycles. The molecule has 35 heavy (non-hydrogen) atoms. The lowest BCUT2D eigenvalue weighted by Gasteiger charge is -2.26. The Labute approximate surface area is 207 Å². The predicted molar refractivity (Wildman–Crippen MR) is 125 cm³/mol. The summed E-state index contributed by atoms with van der Waals surface area (Å²) in [5, 5.41) is 31.9. The van der Waals surface area contributed by atoms with Crippen molar-refractivity contribution in [3.8, 4) is 11.5 Å². The summed E-state index contributed by atoms with van der Waals surface area (Å²) >= 11 is 5.99. The van der Waals surface area contributed by atoms with Crippen molar-refractivity contribution in [1.82, 2.24) is 5.32 Å². The number of carboxylic acid groups (broad SMARTS) is 2. The lowest BCUT2D eigenvalue weighted by molar-refractivity contribution is -0.179. The lowest BCUT2D eigenvalue weighted by atomic mass is 10.1. The summed E-state index contributed by atoms with van der Waals surface area (Å²) in [7, 11) is 0. The molecule has 1 heterocycles. The third kappa shape index (κ3) is 8.08. The van der Waals surface area contributed by atoms with Crippen molar-refractivity contribution in [2.45, 2.75) is 31.3 Å². The maximum Gasteiger partial charge on any atom is 0.329 e. The van der Waals surface area contributed by atoms with E-state index < -0.39 is 37.0 Å². The maximum absolute atomic E-state index is 10.8. The fourth-order valence-corrected chi connectivity index (χ4v) is 3.78. The first kappa shape index (κ1) is 26.7. The zero-order chi connectivity index (χ0) is 25.4. The van der Waals surface area contributed by atoms with Gasteiger partial charge in [0.05, 0.1) is 6.10 Å². The third-order valence-corrected chi connectivity index (χ3v) is 5.37. The van der Waals surface area contributed by atoms with Crippen LogP contribution in [0.3, 0.4) is 0 Å². The number of hydrogen-bond acceptors (Lipinski definition) is 8. The Morgan fingerprint density at radius 1 is 1.03 bits per heavy atom. The molecular formula is C24H28ClNO9. The number of carbonyl (C=O) groups is 2. The SMILES string of the molecule is CC(Cc1ccc2c(c1)OC(COCC(=O)O)(COCC(=O)O)O2)NC[C@H](O)c1cccc(Cl)c1. The predicted octanol–water partition coefficient (Wildman–Crippen LogP) is 2.26. The zero-order valence-electron chi connectivity index (χ0n) is 19.1. The molecule has 1 aliphatic rings. The van der Waals surface area contributed by atoms with Gasteiger partial charge in [-0.25, -0.2) is 9.59 Å². The van der Waals surface area contributed by atoms with E-state index >= 15 is 0 Å². The lowest BCUT2D eigenvalue weighted by Crippen LogP contribution is -2.48. The molecule has 0 fully saturated rings. The molecule has 11 heteroatoms. The van der Waals surface area contributed by atoms with Crippen LogP contribution in [0.25, 0.3) is 0 Å². The van der Waals surface area contributed by atoms with Crippen molar-refractivity contribution < 1.29 is 43.9 Å². The van der Waals surface area contributed by atoms with Crippen molar-refractivity contribution in [3.63, 3.8) is 0 Å². The van der Waals surface area contributed by atoms with E-state index in [0.29, 0.717) is 29.5 Å². The van der Waals surface area contributed by atoms with Crippen LogP contribution >= 0.6 is 11.6 Å². The highest BCUT2D eigenvalue weighted by atomic mass is 35.5. The van der Waals surface area contributed by atoms with E-state index in [1.807, 2.05) is 19.1 Å². The molecule has 190 valence electrons. The summed E-state index contributed by atoms with van der Waals surface area (Å²) in [6.45, 7) is 0.638. The molecular weight excluding hydrogens is 482 g/mol. The average molecular weight is 510 g/mol. The molecule has 2 aromatic rings. The number of halogens is 1. The molecule has 2 atom stereocenters. The summed E-state index contributed by atoms with van der Waals surface area (Å²) in [6, 6.07) is 12.5. The Morgan fingerprint density at radius 3 is 2.31 bits per heavy atom. The number of fused-ring (bicyclic) bond motifs is 1. The van der Waals surface area contributed by atoms with E-state index in [0.717, 1.165) is 11.1 Å². The van der Waals surface area contributed by atoms with Gasteiger partial charge < -0.3 is 39.6 Å². The highest BCUT2D eigenvalue weighted by molar-refractivity contribution is 6.30. The first-order valence-electron chi connectivity index (χ1n) is 10.9. The number of aliphatic hydroxyl groups excluding tert-OH is 1. The van der Waals surface area contributed by atoms with Crippen LogP contribution in [0, 0.1) is 0 Å². The second-order valence-electron chi connectivity index (χ2n) is 8.25. The minimum Gasteiger partial charge on any atom is -0.480 e. The van der Waals surface area contributed by atoms with Gasteiger partial charge in [-0.15, -0.1) is 0 Å². The Bertz CT molecular complexity index is 1010. The second kappa shape index (κ2) is 12.2. The van der Waals surface area contributed by atoms with Crippen molar-refractivity contribution >= 4 is 23.5 Å². The summed E-state index contributed by atoms with van der Waals surface area (Å²) in [6.07, 6.45) is -0.0816. The minimum atomic E-state index is -1.50. The van der Waals surface area contributed by atoms with E-state index in [1.165, 1.54) is 0 Å². The topological polar surface area (TPSA) is 144 Å². The number of rotatable bonds is 14. The van der Waals surface area contributed by atoms with Gasteiger partial charge in [0.15, 0.2) is 11.5 Å². The molecule has 1 aliphatic heterocycles. The quantitative estimate of drug-likeness (QED) is 0.299. The summed E-state index contributed by atoms with van der Waals surface area (Å²) in [4.78, 5) is 21.6. The number of benzene rings is 2. The molecule has 4 N–H and O–H groups in total. The van der Waals surface area contributed by atoms with Gasteiger partial charge in [0, 0.05) is 17.6 Å². The molecule has 0 spiro atoms. The van der Waals surface area contributed by atoms with Crippen LogP contribution in [0.5, 0.6) is 11.5 Å². The summed E-state index contributed by atoms with van der Waals surface area (Å²) in [5.41, 5.74) is 1.66. The van der Waals surface area contributed by atoms with Crippen LogP contribution in [0.2, 0.25) is 5.02 Å². The fourth-order valence-electron chi connectivity index (χ4n) is 3.58. The molecule has 0 bridgehead atoms. The van der Waals surface area contributed by atoms with Crippen molar-refractivity contribution in [2.24, 2.45) is 0 Å². The molecule has 1 unspecified atom stereocenters. The number of hydrogen-bond donors (Lipinski definition) is 4. The number of aliphatic carboxylic acids is 2. The van der Waals surface area contributed by atoms with Gasteiger partial charge in [0.25, 0.3) is 5.79 Å². The first-order valence-corrected chi connectivity index (χ1v) is 11.3. The fraction of sp³-hybridized carbons (Fsp3) is 0.417. The normalized spacial score (nSPS) is 15.5. The summed E-state index contributed by atoms with van der Waals surface area (Å²) in [5.74, 6) is -3.01. The molecule has 0 saturated carbocycles. The van der Waals surface area contributed by atoms with E-state index in [4.69, 9.17) is 40.8 Å². The van der Waals surface area contributed by atoms with E-state index in [9.17, 15) is 14.7 Å². The highest BCUT2D eigenvalue weighted by Gasteiger charge is 2.43. The van der Waals surface area contributed by atoms with Crippen molar-refractivity contribution in [1.29, 1.82) is 0 Å². The van der Waals surface area contributed by atoms with Gasteiger partial charge in [-0.3, -0.25) is 0 Å². The van der Waals surface area contributed by atoms with Crippen LogP contribution < -0.4 is 14.8 Å². The summed E-state index contributed by atoms with van der Waals surface area (Å²) < 4.78 is 22.0. The van der Waals surface area contributed by atoms with Crippen LogP contribution in [0.1, 0.15) is 24.2 Å². The molecule has 0 saturated heterocycles. The van der Waals surface area contributed by atoms with Gasteiger partial charge in [-0.2, -0.15) is 0 Å². The second-order valence-corrected chi connectivity index (χ2v) is 8.69. The zero-order valence-corrected chi connectivity index (χ0v) is 19.9. The third-order valence-electron chi connectivity index (χ3n) is 5.13. The standard InChI is InChI=1S/C24H28ClNO9/c1-15(26-10-19(27)17-3-2-4-18(25)9-17)7-16-5-6-20-21(8-16)35-24(34-20,13-32-11-22(28)29)14-33-12-23(30)31/h2-6,8-9,15,19,26-27H,7,10-14H2,1H3,(H,28,29)(H,30,31)/t15?,19-/m0/s1. The molecule has 0 aromatic heterocycles. The Morgan fingerprint density at radius 2 is 1.69 bits per heavy atom. The Kier molecular flexibility index (Phi) is 9.30. The van der Waals surface area contributed by atoms with Crippen LogP contribution in [-0.4, -0.2) is 72.1 Å². The van der Waals surface area contributed by atoms with E-state index in [2.05, 4.69) is 5.32 Å². The first-order chi connectivity index (χ1) is 16.7. The van der Waals surface area contributed by atoms with E-state index in [1.54, 1.807) is 30.3 Å². The van der Waals surface area contributed by atoms with Gasteiger partial charge in [0.1, 0.15) is 26.4 Å². The average Bonchev–Trinajstić information content (AvgIpc) is 3.14. The highest BCUT2D eigenvalue weighted by Crippen LogP contribution is 2.40.